The van der Waals surface area contributed by atoms with E-state index in [1.165, 1.54) is 16.8 Å². The van der Waals surface area contributed by atoms with Gasteiger partial charge in [0.05, 0.1) is 12.4 Å². The van der Waals surface area contributed by atoms with Crippen molar-refractivity contribution in [1.82, 2.24) is 9.47 Å². The first-order valence-electron chi connectivity index (χ1n) is 8.24. The molecule has 1 aliphatic heterocycles. The molecule has 0 radical (unpaired) electrons. The van der Waals surface area contributed by atoms with Crippen molar-refractivity contribution in [1.29, 1.82) is 0 Å². The minimum Gasteiger partial charge on any atom is -0.434 e. The van der Waals surface area contributed by atoms with Gasteiger partial charge in [-0.2, -0.15) is 0 Å². The van der Waals surface area contributed by atoms with Crippen molar-refractivity contribution in [2.24, 2.45) is 0 Å². The van der Waals surface area contributed by atoms with Crippen LogP contribution in [0, 0.1) is 11.8 Å². The van der Waals surface area contributed by atoms with E-state index in [-0.39, 0.29) is 0 Å². The van der Waals surface area contributed by atoms with Crippen LogP contribution in [0.2, 0.25) is 0 Å². The van der Waals surface area contributed by atoms with Gasteiger partial charge in [-0.05, 0) is 30.3 Å². The van der Waals surface area contributed by atoms with Crippen LogP contribution in [-0.2, 0) is 19.6 Å². The molecule has 0 saturated heterocycles. The zero-order valence-electron chi connectivity index (χ0n) is 13.7. The summed E-state index contributed by atoms with van der Waals surface area (Å²) in [6, 6.07) is 21.6. The van der Waals surface area contributed by atoms with Gasteiger partial charge in [-0.15, -0.1) is 0 Å². The van der Waals surface area contributed by atoms with Crippen LogP contribution in [0.5, 0.6) is 0 Å². The lowest BCUT2D eigenvalue weighted by atomic mass is 9.97. The Kier molecular flexibility index (Phi) is 4.08. The molecule has 2 aromatic carbocycles. The highest BCUT2D eigenvalue weighted by Crippen LogP contribution is 2.33. The van der Waals surface area contributed by atoms with Gasteiger partial charge in [0.25, 0.3) is 4.84 Å². The van der Waals surface area contributed by atoms with Crippen LogP contribution in [0.15, 0.2) is 65.1 Å². The summed E-state index contributed by atoms with van der Waals surface area (Å²) in [5.74, 6) is 0.945. The molecule has 0 N–H and O–H groups in total. The van der Waals surface area contributed by atoms with Gasteiger partial charge in [0, 0.05) is 19.0 Å². The summed E-state index contributed by atoms with van der Waals surface area (Å²) >= 11 is 5.40. The first kappa shape index (κ1) is 15.4. The van der Waals surface area contributed by atoms with E-state index in [4.69, 9.17) is 16.6 Å². The van der Waals surface area contributed by atoms with E-state index in [9.17, 15) is 0 Å². The second-order valence-electron chi connectivity index (χ2n) is 6.30. The Hall–Kier alpha value is -2.17. The lowest BCUT2D eigenvalue weighted by Crippen LogP contribution is -2.37. The number of aryl methyl sites for hydroxylation is 1. The number of hydrogen-bond acceptors (Lipinski definition) is 3. The molecule has 4 rings (SSSR count). The van der Waals surface area contributed by atoms with Crippen LogP contribution in [0.3, 0.4) is 0 Å². The lowest BCUT2D eigenvalue weighted by molar-refractivity contribution is 0.113. The van der Waals surface area contributed by atoms with Crippen molar-refractivity contribution < 1.29 is 4.42 Å². The fourth-order valence-corrected chi connectivity index (χ4v) is 3.81. The summed E-state index contributed by atoms with van der Waals surface area (Å²) in [4.78, 5) is 3.05. The number of hydrogen-bond donors (Lipinski definition) is 0. The highest BCUT2D eigenvalue weighted by Gasteiger charge is 2.30. The highest BCUT2D eigenvalue weighted by atomic mass is 32.1. The normalized spacial score (nSPS) is 17.6. The molecule has 0 bridgehead atoms. The molecule has 1 atom stereocenters. The highest BCUT2D eigenvalue weighted by molar-refractivity contribution is 7.71. The smallest absolute Gasteiger partial charge is 0.270 e. The number of rotatable bonds is 3. The lowest BCUT2D eigenvalue weighted by Gasteiger charge is -2.36. The van der Waals surface area contributed by atoms with Gasteiger partial charge >= 0.3 is 0 Å². The minimum absolute atomic E-state index is 0.331. The molecule has 1 aromatic heterocycles. The SMILES string of the molecule is Cc1oc(=S)n2c1CC(c1ccccc1)N(Cc1ccccc1)C2. The van der Waals surface area contributed by atoms with Crippen molar-refractivity contribution in [3.05, 3.63) is 88.1 Å². The summed E-state index contributed by atoms with van der Waals surface area (Å²) in [5, 5.41) is 0. The summed E-state index contributed by atoms with van der Waals surface area (Å²) in [5.41, 5.74) is 3.87. The van der Waals surface area contributed by atoms with Crippen LogP contribution in [0.25, 0.3) is 0 Å². The molecule has 0 fully saturated rings. The largest absolute Gasteiger partial charge is 0.434 e. The van der Waals surface area contributed by atoms with Gasteiger partial charge in [-0.25, -0.2) is 0 Å². The van der Waals surface area contributed by atoms with E-state index in [0.29, 0.717) is 10.9 Å². The predicted molar refractivity (Wildman–Crippen MR) is 97.1 cm³/mol. The fourth-order valence-electron chi connectivity index (χ4n) is 3.52. The maximum atomic E-state index is 5.70. The zero-order valence-corrected chi connectivity index (χ0v) is 14.5. The summed E-state index contributed by atoms with van der Waals surface area (Å²) in [6.45, 7) is 3.67. The van der Waals surface area contributed by atoms with E-state index < -0.39 is 0 Å². The Labute approximate surface area is 147 Å². The van der Waals surface area contributed by atoms with Crippen LogP contribution in [0.1, 0.15) is 28.6 Å². The predicted octanol–water partition coefficient (Wildman–Crippen LogP) is 4.88. The van der Waals surface area contributed by atoms with Crippen molar-refractivity contribution in [2.45, 2.75) is 32.6 Å². The fraction of sp³-hybridized carbons (Fsp3) is 0.250. The van der Waals surface area contributed by atoms with E-state index >= 15 is 0 Å². The third-order valence-electron chi connectivity index (χ3n) is 4.76. The summed E-state index contributed by atoms with van der Waals surface area (Å²) < 4.78 is 7.83. The van der Waals surface area contributed by atoms with Gasteiger partial charge in [0.15, 0.2) is 0 Å². The molecule has 0 amide bonds. The number of benzene rings is 2. The van der Waals surface area contributed by atoms with Gasteiger partial charge in [0.2, 0.25) is 0 Å². The van der Waals surface area contributed by atoms with Gasteiger partial charge in [-0.3, -0.25) is 9.47 Å². The Morgan fingerprint density at radius 1 is 1.04 bits per heavy atom. The second-order valence-corrected chi connectivity index (χ2v) is 6.65. The Morgan fingerprint density at radius 2 is 1.71 bits per heavy atom. The third-order valence-corrected chi connectivity index (χ3v) is 5.06. The molecule has 1 unspecified atom stereocenters. The molecule has 4 heteroatoms. The maximum absolute atomic E-state index is 5.70. The van der Waals surface area contributed by atoms with Crippen molar-refractivity contribution in [3.63, 3.8) is 0 Å². The second kappa shape index (κ2) is 6.38. The Balaban J connectivity index is 1.73. The first-order valence-corrected chi connectivity index (χ1v) is 8.65. The molecule has 0 spiro atoms. The minimum atomic E-state index is 0.331. The van der Waals surface area contributed by atoms with Crippen LogP contribution < -0.4 is 0 Å². The van der Waals surface area contributed by atoms with Crippen molar-refractivity contribution >= 4 is 12.2 Å². The van der Waals surface area contributed by atoms with Crippen molar-refractivity contribution in [3.8, 4) is 0 Å². The maximum Gasteiger partial charge on any atom is 0.270 e. The Morgan fingerprint density at radius 3 is 2.42 bits per heavy atom. The molecular formula is C20H20N2OS. The van der Waals surface area contributed by atoms with Crippen molar-refractivity contribution in [2.75, 3.05) is 0 Å². The van der Waals surface area contributed by atoms with Gasteiger partial charge in [0.1, 0.15) is 5.76 Å². The third kappa shape index (κ3) is 2.83. The van der Waals surface area contributed by atoms with Crippen LogP contribution in [-0.4, -0.2) is 9.47 Å². The average Bonchev–Trinajstić information content (AvgIpc) is 2.89. The summed E-state index contributed by atoms with van der Waals surface area (Å²) in [6.07, 6.45) is 0.919. The van der Waals surface area contributed by atoms with Crippen LogP contribution in [0.4, 0.5) is 0 Å². The van der Waals surface area contributed by atoms with Gasteiger partial charge < -0.3 is 4.42 Å². The molecule has 2 heterocycles. The molecular weight excluding hydrogens is 316 g/mol. The average molecular weight is 336 g/mol. The number of nitrogens with zero attached hydrogens (tertiary/aromatic N) is 2. The number of fused-ring (bicyclic) bond motifs is 1. The molecule has 3 nitrogen and oxygen atoms in total. The molecule has 0 saturated carbocycles. The molecule has 0 aliphatic carbocycles. The van der Waals surface area contributed by atoms with Gasteiger partial charge in [-0.1, -0.05) is 60.7 Å². The molecule has 3 aromatic rings. The monoisotopic (exact) mass is 336 g/mol. The van der Waals surface area contributed by atoms with E-state index in [0.717, 1.165) is 25.4 Å². The van der Waals surface area contributed by atoms with E-state index in [2.05, 4.69) is 70.1 Å². The quantitative estimate of drug-likeness (QED) is 0.636. The summed E-state index contributed by atoms with van der Waals surface area (Å²) in [7, 11) is 0. The first-order chi connectivity index (χ1) is 11.7. The van der Waals surface area contributed by atoms with E-state index in [1.54, 1.807) is 0 Å². The standard InChI is InChI=1S/C20H20N2OS/c1-15-18-12-19(17-10-6-3-7-11-17)21(14-22(18)20(24)23-15)13-16-8-4-2-5-9-16/h2-11,19H,12-14H2,1H3. The zero-order chi connectivity index (χ0) is 16.5. The van der Waals surface area contributed by atoms with Crippen LogP contribution >= 0.6 is 12.2 Å². The Bertz CT molecular complexity index is 883. The number of oxazole rings is 1. The molecule has 1 aliphatic rings. The molecule has 122 valence electrons. The molecule has 24 heavy (non-hydrogen) atoms. The topological polar surface area (TPSA) is 21.3 Å². The van der Waals surface area contributed by atoms with E-state index in [1.807, 2.05) is 6.92 Å². The number of aromatic nitrogens is 1.